The van der Waals surface area contributed by atoms with Crippen molar-refractivity contribution in [2.24, 2.45) is 0 Å². The van der Waals surface area contributed by atoms with Gasteiger partial charge in [-0.3, -0.25) is 0 Å². The van der Waals surface area contributed by atoms with Gasteiger partial charge in [-0.1, -0.05) is 6.08 Å². The summed E-state index contributed by atoms with van der Waals surface area (Å²) in [6.45, 7) is 3.40. The van der Waals surface area contributed by atoms with E-state index in [0.29, 0.717) is 0 Å². The molecule has 0 aromatic carbocycles. The van der Waals surface area contributed by atoms with Gasteiger partial charge in [-0.05, 0) is 0 Å². The minimum absolute atomic E-state index is 0. The molecule has 0 N–H and O–H groups in total. The number of thiol groups is 1. The fourth-order valence-corrected chi connectivity index (χ4v) is 0. The fourth-order valence-electron chi connectivity index (χ4n) is 0. The maximum Gasteiger partial charge on any atom is 1.00 e. The van der Waals surface area contributed by atoms with Crippen LogP contribution in [0.3, 0.4) is 0 Å². The average Bonchev–Trinajstić information content (AvgIpc) is 1.37. The third-order valence-corrected chi connectivity index (χ3v) is 0.387. The SMILES string of the molecule is C=CCS.[H-].[Na+]. The summed E-state index contributed by atoms with van der Waals surface area (Å²) >= 11 is 3.80. The first kappa shape index (κ1) is 9.43. The molecule has 0 atom stereocenters. The van der Waals surface area contributed by atoms with Gasteiger partial charge in [-0.15, -0.1) is 6.58 Å². The van der Waals surface area contributed by atoms with Gasteiger partial charge < -0.3 is 1.43 Å². The second-order valence-corrected chi connectivity index (χ2v) is 0.836. The maximum absolute atomic E-state index is 3.80. The van der Waals surface area contributed by atoms with Crippen molar-refractivity contribution in [2.45, 2.75) is 0 Å². The molecule has 0 spiro atoms. The summed E-state index contributed by atoms with van der Waals surface area (Å²) in [6.07, 6.45) is 1.74. The van der Waals surface area contributed by atoms with Gasteiger partial charge >= 0.3 is 29.6 Å². The summed E-state index contributed by atoms with van der Waals surface area (Å²) < 4.78 is 0. The van der Waals surface area contributed by atoms with Crippen LogP contribution in [-0.4, -0.2) is 5.75 Å². The normalized spacial score (nSPS) is 5.00. The van der Waals surface area contributed by atoms with E-state index in [-0.39, 0.29) is 31.0 Å². The van der Waals surface area contributed by atoms with Gasteiger partial charge in [0.1, 0.15) is 0 Å². The predicted octanol–water partition coefficient (Wildman–Crippen LogP) is -1.78. The molecule has 0 fully saturated rings. The molecule has 0 radical (unpaired) electrons. The molecule has 0 rings (SSSR count). The Morgan fingerprint density at radius 3 is 2.20 bits per heavy atom. The van der Waals surface area contributed by atoms with Crippen molar-refractivity contribution in [3.05, 3.63) is 12.7 Å². The van der Waals surface area contributed by atoms with Crippen molar-refractivity contribution in [3.8, 4) is 0 Å². The second kappa shape index (κ2) is 8.92. The molecule has 26 valence electrons. The van der Waals surface area contributed by atoms with Crippen LogP contribution in [0.1, 0.15) is 1.43 Å². The van der Waals surface area contributed by atoms with Gasteiger partial charge in [0.25, 0.3) is 0 Å². The molecule has 0 nitrogen and oxygen atoms in total. The van der Waals surface area contributed by atoms with Gasteiger partial charge in [-0.25, -0.2) is 0 Å². The van der Waals surface area contributed by atoms with Crippen molar-refractivity contribution in [2.75, 3.05) is 5.75 Å². The van der Waals surface area contributed by atoms with Crippen molar-refractivity contribution >= 4 is 12.6 Å². The molecule has 0 saturated carbocycles. The first-order chi connectivity index (χ1) is 1.91. The Bertz CT molecular complexity index is 24.8. The van der Waals surface area contributed by atoms with Crippen LogP contribution in [0, 0.1) is 0 Å². The molecular formula is C3H7NaS. The van der Waals surface area contributed by atoms with Crippen LogP contribution in [-0.2, 0) is 0 Å². The average molecular weight is 98.1 g/mol. The van der Waals surface area contributed by atoms with Crippen LogP contribution < -0.4 is 29.6 Å². The number of rotatable bonds is 1. The Morgan fingerprint density at radius 2 is 2.20 bits per heavy atom. The third kappa shape index (κ3) is 11.1. The van der Waals surface area contributed by atoms with E-state index in [4.69, 9.17) is 0 Å². The second-order valence-electron chi connectivity index (χ2n) is 0.471. The summed E-state index contributed by atoms with van der Waals surface area (Å²) in [5.74, 6) is 0.778. The van der Waals surface area contributed by atoms with E-state index < -0.39 is 0 Å². The monoisotopic (exact) mass is 98.0 g/mol. The smallest absolute Gasteiger partial charge is 1.00 e. The van der Waals surface area contributed by atoms with Gasteiger partial charge in [0, 0.05) is 5.75 Å². The minimum Gasteiger partial charge on any atom is -1.00 e. The maximum atomic E-state index is 3.80. The first-order valence-corrected chi connectivity index (χ1v) is 1.77. The zero-order valence-corrected chi connectivity index (χ0v) is 6.33. The summed E-state index contributed by atoms with van der Waals surface area (Å²) in [5, 5.41) is 0. The van der Waals surface area contributed by atoms with Crippen LogP contribution in [0.25, 0.3) is 0 Å². The summed E-state index contributed by atoms with van der Waals surface area (Å²) in [4.78, 5) is 0. The van der Waals surface area contributed by atoms with Crippen LogP contribution >= 0.6 is 12.6 Å². The van der Waals surface area contributed by atoms with E-state index in [1.54, 1.807) is 6.08 Å². The zero-order chi connectivity index (χ0) is 3.41. The van der Waals surface area contributed by atoms with Crippen molar-refractivity contribution < 1.29 is 31.0 Å². The van der Waals surface area contributed by atoms with E-state index in [2.05, 4.69) is 19.2 Å². The van der Waals surface area contributed by atoms with Crippen LogP contribution in [0.5, 0.6) is 0 Å². The van der Waals surface area contributed by atoms with Gasteiger partial charge in [-0.2, -0.15) is 12.6 Å². The Labute approximate surface area is 61.8 Å². The topological polar surface area (TPSA) is 0 Å². The Morgan fingerprint density at radius 1 is 2.00 bits per heavy atom. The van der Waals surface area contributed by atoms with E-state index in [1.807, 2.05) is 0 Å². The quantitative estimate of drug-likeness (QED) is 0.224. The third-order valence-electron chi connectivity index (χ3n) is 0.129. The molecule has 0 unspecified atom stereocenters. The first-order valence-electron chi connectivity index (χ1n) is 1.13. The van der Waals surface area contributed by atoms with Gasteiger partial charge in [0.15, 0.2) is 0 Å². The molecule has 0 aromatic heterocycles. The van der Waals surface area contributed by atoms with E-state index in [1.165, 1.54) is 0 Å². The molecule has 0 aliphatic carbocycles. The predicted molar refractivity (Wildman–Crippen MR) is 25.2 cm³/mol. The summed E-state index contributed by atoms with van der Waals surface area (Å²) in [7, 11) is 0. The Hall–Kier alpha value is 1.09. The largest absolute Gasteiger partial charge is 1.00 e. The number of hydrogen-bond donors (Lipinski definition) is 1. The molecule has 0 amide bonds. The Balaban J connectivity index is -0.0000000450. The van der Waals surface area contributed by atoms with Crippen LogP contribution in [0.15, 0.2) is 12.7 Å². The molecule has 0 bridgehead atoms. The van der Waals surface area contributed by atoms with Gasteiger partial charge in [0.05, 0.1) is 0 Å². The van der Waals surface area contributed by atoms with E-state index >= 15 is 0 Å². The molecular weight excluding hydrogens is 91.1 g/mol. The van der Waals surface area contributed by atoms with Crippen LogP contribution in [0.4, 0.5) is 0 Å². The van der Waals surface area contributed by atoms with Gasteiger partial charge in [0.2, 0.25) is 0 Å². The molecule has 2 heteroatoms. The van der Waals surface area contributed by atoms with Crippen molar-refractivity contribution in [1.29, 1.82) is 0 Å². The van der Waals surface area contributed by atoms with Crippen molar-refractivity contribution in [3.63, 3.8) is 0 Å². The summed E-state index contributed by atoms with van der Waals surface area (Å²) in [6, 6.07) is 0. The molecule has 5 heavy (non-hydrogen) atoms. The molecule has 0 heterocycles. The molecule has 0 saturated heterocycles. The summed E-state index contributed by atoms with van der Waals surface area (Å²) in [5.41, 5.74) is 0. The molecule has 0 aromatic rings. The van der Waals surface area contributed by atoms with Crippen molar-refractivity contribution in [1.82, 2.24) is 0 Å². The zero-order valence-electron chi connectivity index (χ0n) is 4.44. The molecule has 0 aliphatic heterocycles. The van der Waals surface area contributed by atoms with E-state index in [0.717, 1.165) is 5.75 Å². The van der Waals surface area contributed by atoms with Crippen LogP contribution in [0.2, 0.25) is 0 Å². The van der Waals surface area contributed by atoms with E-state index in [9.17, 15) is 0 Å². The Kier molecular flexibility index (Phi) is 16.8. The molecule has 0 aliphatic rings. The minimum atomic E-state index is 0. The fraction of sp³-hybridized carbons (Fsp3) is 0.333. The standard InChI is InChI=1S/C3H6S.Na.H/c1-2-3-4;;/h2,4H,1,3H2;;/q;+1;-1. The number of hydrogen-bond acceptors (Lipinski definition) is 1.